The van der Waals surface area contributed by atoms with Crippen LogP contribution in [0.15, 0.2) is 62.6 Å². The molecule has 2 heterocycles. The molecular formula is C22H19F3N2O6S. The Morgan fingerprint density at radius 2 is 1.71 bits per heavy atom. The summed E-state index contributed by atoms with van der Waals surface area (Å²) in [5.41, 5.74) is -1.94. The zero-order valence-corrected chi connectivity index (χ0v) is 18.6. The van der Waals surface area contributed by atoms with Gasteiger partial charge in [-0.2, -0.15) is 17.5 Å². The zero-order chi connectivity index (χ0) is 24.7. The van der Waals surface area contributed by atoms with Crippen molar-refractivity contribution in [3.05, 3.63) is 70.1 Å². The van der Waals surface area contributed by atoms with E-state index in [0.717, 1.165) is 22.5 Å². The minimum Gasteiger partial charge on any atom is -0.493 e. The Hall–Kier alpha value is -3.38. The average molecular weight is 496 g/mol. The molecule has 1 aromatic heterocycles. The predicted octanol–water partition coefficient (Wildman–Crippen LogP) is 2.97. The lowest BCUT2D eigenvalue weighted by atomic mass is 10.1. The zero-order valence-electron chi connectivity index (χ0n) is 17.8. The van der Waals surface area contributed by atoms with Crippen molar-refractivity contribution in [3.63, 3.8) is 0 Å². The quantitative estimate of drug-likeness (QED) is 0.516. The van der Waals surface area contributed by atoms with Crippen LogP contribution in [0.25, 0.3) is 11.0 Å². The summed E-state index contributed by atoms with van der Waals surface area (Å²) in [6.07, 6.45) is -4.68. The number of benzene rings is 2. The van der Waals surface area contributed by atoms with E-state index in [4.69, 9.17) is 9.15 Å². The lowest BCUT2D eigenvalue weighted by Gasteiger charge is -2.34. The van der Waals surface area contributed by atoms with Crippen LogP contribution in [0.3, 0.4) is 0 Å². The van der Waals surface area contributed by atoms with Gasteiger partial charge in [-0.1, -0.05) is 18.2 Å². The number of hydrogen-bond acceptors (Lipinski definition) is 6. The first kappa shape index (κ1) is 23.8. The van der Waals surface area contributed by atoms with Crippen molar-refractivity contribution in [2.45, 2.75) is 11.1 Å². The molecule has 0 saturated carbocycles. The van der Waals surface area contributed by atoms with Crippen LogP contribution in [0, 0.1) is 0 Å². The molecule has 0 aliphatic carbocycles. The van der Waals surface area contributed by atoms with E-state index in [1.165, 1.54) is 18.1 Å². The van der Waals surface area contributed by atoms with Crippen molar-refractivity contribution in [1.82, 2.24) is 9.21 Å². The number of alkyl halides is 3. The van der Waals surface area contributed by atoms with Crippen LogP contribution in [0.5, 0.6) is 5.75 Å². The molecule has 0 radical (unpaired) electrons. The van der Waals surface area contributed by atoms with Crippen LogP contribution in [-0.4, -0.2) is 56.8 Å². The van der Waals surface area contributed by atoms with Gasteiger partial charge in [-0.05, 0) is 30.3 Å². The van der Waals surface area contributed by atoms with Crippen molar-refractivity contribution in [2.75, 3.05) is 33.3 Å². The van der Waals surface area contributed by atoms with E-state index in [2.05, 4.69) is 0 Å². The molecule has 8 nitrogen and oxygen atoms in total. The van der Waals surface area contributed by atoms with E-state index >= 15 is 0 Å². The van der Waals surface area contributed by atoms with Gasteiger partial charge >= 0.3 is 11.8 Å². The lowest BCUT2D eigenvalue weighted by Crippen LogP contribution is -2.51. The number of carbonyl (C=O) groups excluding carboxylic acids is 1. The number of rotatable bonds is 4. The summed E-state index contributed by atoms with van der Waals surface area (Å²) in [5, 5.41) is 0.480. The summed E-state index contributed by atoms with van der Waals surface area (Å²) in [7, 11) is -2.78. The van der Waals surface area contributed by atoms with Crippen molar-refractivity contribution in [3.8, 4) is 5.75 Å². The maximum atomic E-state index is 13.0. The smallest absolute Gasteiger partial charge is 0.416 e. The van der Waals surface area contributed by atoms with E-state index in [0.29, 0.717) is 17.2 Å². The highest BCUT2D eigenvalue weighted by Gasteiger charge is 2.35. The third kappa shape index (κ3) is 4.38. The van der Waals surface area contributed by atoms with E-state index < -0.39 is 38.2 Å². The molecule has 1 aliphatic rings. The number of nitrogens with zero attached hydrogens (tertiary/aromatic N) is 2. The summed E-state index contributed by atoms with van der Waals surface area (Å²) in [6, 6.07) is 9.82. The molecule has 180 valence electrons. The highest BCUT2D eigenvalue weighted by atomic mass is 32.2. The molecule has 0 atom stereocenters. The minimum atomic E-state index is -4.68. The molecule has 34 heavy (non-hydrogen) atoms. The van der Waals surface area contributed by atoms with Gasteiger partial charge in [0.25, 0.3) is 5.91 Å². The van der Waals surface area contributed by atoms with Gasteiger partial charge in [-0.3, -0.25) is 4.79 Å². The first-order valence-electron chi connectivity index (χ1n) is 10.1. The number of para-hydroxylation sites is 1. The largest absolute Gasteiger partial charge is 0.493 e. The molecular weight excluding hydrogens is 477 g/mol. The van der Waals surface area contributed by atoms with Crippen LogP contribution in [0.4, 0.5) is 13.2 Å². The fourth-order valence-electron chi connectivity index (χ4n) is 3.71. The van der Waals surface area contributed by atoms with Crippen molar-refractivity contribution >= 4 is 26.9 Å². The van der Waals surface area contributed by atoms with Crippen LogP contribution >= 0.6 is 0 Å². The Balaban J connectivity index is 1.52. The molecule has 0 unspecified atom stereocenters. The first-order chi connectivity index (χ1) is 16.0. The predicted molar refractivity (Wildman–Crippen MR) is 115 cm³/mol. The number of sulfonamides is 1. The molecule has 2 aromatic carbocycles. The van der Waals surface area contributed by atoms with E-state index in [1.807, 2.05) is 0 Å². The van der Waals surface area contributed by atoms with Crippen molar-refractivity contribution in [1.29, 1.82) is 0 Å². The van der Waals surface area contributed by atoms with Gasteiger partial charge in [0.1, 0.15) is 5.56 Å². The maximum absolute atomic E-state index is 13.0. The van der Waals surface area contributed by atoms with Gasteiger partial charge in [0.15, 0.2) is 11.3 Å². The second-order valence-corrected chi connectivity index (χ2v) is 9.49. The molecule has 1 amide bonds. The molecule has 1 saturated heterocycles. The summed E-state index contributed by atoms with van der Waals surface area (Å²) in [4.78, 5) is 26.2. The molecule has 0 N–H and O–H groups in total. The summed E-state index contributed by atoms with van der Waals surface area (Å²) in [6.45, 7) is -0.382. The fourth-order valence-corrected chi connectivity index (χ4v) is 5.18. The lowest BCUT2D eigenvalue weighted by molar-refractivity contribution is -0.137. The number of halogens is 3. The summed E-state index contributed by atoms with van der Waals surface area (Å²) < 4.78 is 76.1. The van der Waals surface area contributed by atoms with E-state index in [9.17, 15) is 31.2 Å². The van der Waals surface area contributed by atoms with Crippen molar-refractivity contribution in [2.24, 2.45) is 0 Å². The van der Waals surface area contributed by atoms with Gasteiger partial charge in [-0.15, -0.1) is 0 Å². The Morgan fingerprint density at radius 3 is 2.35 bits per heavy atom. The van der Waals surface area contributed by atoms with Gasteiger partial charge in [0, 0.05) is 31.6 Å². The maximum Gasteiger partial charge on any atom is 0.416 e. The second kappa shape index (κ2) is 8.76. The summed E-state index contributed by atoms with van der Waals surface area (Å²) in [5.74, 6) is -0.295. The highest BCUT2D eigenvalue weighted by Crippen LogP contribution is 2.31. The number of amides is 1. The topological polar surface area (TPSA) is 97.1 Å². The molecule has 1 aliphatic heterocycles. The highest BCUT2D eigenvalue weighted by molar-refractivity contribution is 7.89. The molecule has 3 aromatic rings. The molecule has 12 heteroatoms. The Labute approximate surface area is 192 Å². The number of fused-ring (bicyclic) bond motifs is 1. The molecule has 1 fully saturated rings. The monoisotopic (exact) mass is 496 g/mol. The number of piperazine rings is 1. The Morgan fingerprint density at radius 1 is 1.03 bits per heavy atom. The van der Waals surface area contributed by atoms with Gasteiger partial charge < -0.3 is 14.1 Å². The third-order valence-electron chi connectivity index (χ3n) is 5.50. The third-order valence-corrected chi connectivity index (χ3v) is 7.39. The molecule has 0 bridgehead atoms. The van der Waals surface area contributed by atoms with Gasteiger partial charge in [0.2, 0.25) is 10.0 Å². The van der Waals surface area contributed by atoms with Gasteiger partial charge in [0.05, 0.1) is 17.6 Å². The number of carbonyl (C=O) groups is 1. The molecule has 0 spiro atoms. The standard InChI is InChI=1S/C22H19F3N2O6S/c1-32-18-7-2-4-14-12-17(21(29)33-19(14)18)20(28)26-8-10-27(11-9-26)34(30,31)16-6-3-5-15(13-16)22(23,24)25/h2-7,12-13H,8-11H2,1H3. The first-order valence-corrected chi connectivity index (χ1v) is 11.5. The Kier molecular flexibility index (Phi) is 6.13. The van der Waals surface area contributed by atoms with Crippen LogP contribution in [-0.2, 0) is 16.2 Å². The minimum absolute atomic E-state index is 0.0490. The van der Waals surface area contributed by atoms with Crippen LogP contribution in [0.1, 0.15) is 15.9 Å². The SMILES string of the molecule is COc1cccc2cc(C(=O)N3CCN(S(=O)(=O)c4cccc(C(F)(F)F)c4)CC3)c(=O)oc12. The average Bonchev–Trinajstić information content (AvgIpc) is 2.82. The van der Waals surface area contributed by atoms with Crippen molar-refractivity contribution < 1.29 is 35.5 Å². The number of hydrogen-bond donors (Lipinski definition) is 0. The number of ether oxygens (including phenoxy) is 1. The number of methoxy groups -OCH3 is 1. The summed E-state index contributed by atoms with van der Waals surface area (Å²) >= 11 is 0. The van der Waals surface area contributed by atoms with Gasteiger partial charge in [-0.25, -0.2) is 13.2 Å². The van der Waals surface area contributed by atoms with E-state index in [-0.39, 0.29) is 37.3 Å². The Bertz CT molecular complexity index is 1410. The van der Waals surface area contributed by atoms with Crippen LogP contribution < -0.4 is 10.4 Å². The van der Waals surface area contributed by atoms with Crippen LogP contribution in [0.2, 0.25) is 0 Å². The molecule has 4 rings (SSSR count). The van der Waals surface area contributed by atoms with E-state index in [1.54, 1.807) is 18.2 Å². The normalized spacial score (nSPS) is 15.5. The second-order valence-electron chi connectivity index (χ2n) is 7.55. The fraction of sp³-hybridized carbons (Fsp3) is 0.273.